The second-order valence-corrected chi connectivity index (χ2v) is 17.7. The van der Waals surface area contributed by atoms with Crippen molar-refractivity contribution in [2.75, 3.05) is 19.8 Å². The van der Waals surface area contributed by atoms with Gasteiger partial charge in [0.1, 0.15) is 6.61 Å². The second-order valence-electron chi connectivity index (χ2n) is 17.7. The minimum Gasteiger partial charge on any atom is -0.462 e. The summed E-state index contributed by atoms with van der Waals surface area (Å²) in [6, 6.07) is 0. The van der Waals surface area contributed by atoms with E-state index in [2.05, 4.69) is 154 Å². The summed E-state index contributed by atoms with van der Waals surface area (Å²) in [5.41, 5.74) is 0. The highest BCUT2D eigenvalue weighted by molar-refractivity contribution is 5.70. The van der Waals surface area contributed by atoms with Crippen molar-refractivity contribution in [3.05, 3.63) is 134 Å². The van der Waals surface area contributed by atoms with Crippen molar-refractivity contribution < 1.29 is 23.8 Å². The van der Waals surface area contributed by atoms with E-state index in [9.17, 15) is 9.59 Å². The molecule has 0 N–H and O–H groups in total. The predicted octanol–water partition coefficient (Wildman–Crippen LogP) is 19.1. The summed E-state index contributed by atoms with van der Waals surface area (Å²) in [5, 5.41) is 0. The number of rotatable bonds is 49. The lowest BCUT2D eigenvalue weighted by Gasteiger charge is -2.18. The van der Waals surface area contributed by atoms with Gasteiger partial charge in [-0.1, -0.05) is 212 Å². The fraction of sp³-hybridized carbons (Fsp3) is 0.619. The highest BCUT2D eigenvalue weighted by atomic mass is 16.6. The summed E-state index contributed by atoms with van der Waals surface area (Å²) in [5.74, 6) is -0.475. The van der Waals surface area contributed by atoms with Gasteiger partial charge in [0.15, 0.2) is 6.10 Å². The first-order valence-electron chi connectivity index (χ1n) is 27.7. The molecular formula is C63H102O5. The van der Waals surface area contributed by atoms with Gasteiger partial charge < -0.3 is 14.2 Å². The molecule has 0 amide bonds. The lowest BCUT2D eigenvalue weighted by molar-refractivity contribution is -0.163. The SMILES string of the molecule is CC/C=C\C/C=C\C/C=C\C/C=C\C/C=C\CCCCCC(=O)OCC(COCCCCCCCC/C=C\C/C=C\CCCCC)OC(=O)CCCCCC/C=C\C/C=C\C/C=C\C/C=C\CC. The van der Waals surface area contributed by atoms with Gasteiger partial charge in [-0.3, -0.25) is 9.59 Å². The summed E-state index contributed by atoms with van der Waals surface area (Å²) in [6.07, 6.45) is 81.8. The molecule has 0 rings (SSSR count). The standard InChI is InChI=1S/C63H102O5/c1-4-7-10-13-16-19-22-25-28-31-32-34-35-38-41-44-47-50-53-56-62(64)67-60-61(59-66-58-55-52-49-46-43-40-37-30-27-24-21-18-15-12-9-6-3)68-63(65)57-54-51-48-45-42-39-36-33-29-26-23-20-17-14-11-8-5-2/h7-8,10-11,16-21,25-30,32,34,36,38-39,41,61H,4-6,9,12-15,22-24,31,33,35,37,40,42-60H2,1-3H3/b10-7-,11-8-,19-16-,20-17-,21-18-,28-25-,29-26-,30-27-,34-32-,39-36-,41-38-. The summed E-state index contributed by atoms with van der Waals surface area (Å²) >= 11 is 0. The maximum atomic E-state index is 12.8. The molecular weight excluding hydrogens is 837 g/mol. The van der Waals surface area contributed by atoms with E-state index >= 15 is 0 Å². The third-order valence-corrected chi connectivity index (χ3v) is 11.2. The number of carbonyl (C=O) groups is 2. The summed E-state index contributed by atoms with van der Waals surface area (Å²) in [4.78, 5) is 25.5. The van der Waals surface area contributed by atoms with Gasteiger partial charge in [0.05, 0.1) is 6.61 Å². The van der Waals surface area contributed by atoms with Crippen LogP contribution in [0.25, 0.3) is 0 Å². The van der Waals surface area contributed by atoms with Crippen LogP contribution in [0.4, 0.5) is 0 Å². The van der Waals surface area contributed by atoms with Gasteiger partial charge in [0, 0.05) is 19.4 Å². The molecule has 0 fully saturated rings. The zero-order chi connectivity index (χ0) is 49.2. The van der Waals surface area contributed by atoms with E-state index in [0.717, 1.165) is 141 Å². The molecule has 0 aliphatic carbocycles. The van der Waals surface area contributed by atoms with Crippen molar-refractivity contribution in [2.24, 2.45) is 0 Å². The Morgan fingerprint density at radius 2 is 0.662 bits per heavy atom. The first-order valence-corrected chi connectivity index (χ1v) is 27.7. The normalized spacial score (nSPS) is 13.3. The largest absolute Gasteiger partial charge is 0.462 e. The van der Waals surface area contributed by atoms with E-state index < -0.39 is 6.10 Å². The number of ether oxygens (including phenoxy) is 3. The van der Waals surface area contributed by atoms with Crippen LogP contribution in [-0.2, 0) is 23.8 Å². The van der Waals surface area contributed by atoms with Crippen LogP contribution < -0.4 is 0 Å². The van der Waals surface area contributed by atoms with Gasteiger partial charge in [-0.2, -0.15) is 0 Å². The van der Waals surface area contributed by atoms with Crippen LogP contribution >= 0.6 is 0 Å². The molecule has 0 saturated heterocycles. The van der Waals surface area contributed by atoms with Crippen LogP contribution in [0.5, 0.6) is 0 Å². The van der Waals surface area contributed by atoms with Gasteiger partial charge >= 0.3 is 11.9 Å². The topological polar surface area (TPSA) is 61.8 Å². The van der Waals surface area contributed by atoms with Crippen molar-refractivity contribution in [1.29, 1.82) is 0 Å². The number of carbonyl (C=O) groups excluding carboxylic acids is 2. The van der Waals surface area contributed by atoms with E-state index in [0.29, 0.717) is 19.4 Å². The smallest absolute Gasteiger partial charge is 0.306 e. The quantitative estimate of drug-likeness (QED) is 0.0345. The molecule has 0 aromatic carbocycles. The van der Waals surface area contributed by atoms with Crippen LogP contribution in [-0.4, -0.2) is 37.9 Å². The van der Waals surface area contributed by atoms with Gasteiger partial charge in [-0.05, 0) is 135 Å². The van der Waals surface area contributed by atoms with Crippen LogP contribution in [0.15, 0.2) is 134 Å². The Kier molecular flexibility index (Phi) is 54.0. The Morgan fingerprint density at radius 1 is 0.338 bits per heavy atom. The van der Waals surface area contributed by atoms with Crippen LogP contribution in [0, 0.1) is 0 Å². The molecule has 5 nitrogen and oxygen atoms in total. The fourth-order valence-corrected chi connectivity index (χ4v) is 7.09. The molecule has 0 bridgehead atoms. The van der Waals surface area contributed by atoms with Crippen LogP contribution in [0.1, 0.15) is 226 Å². The number of unbranched alkanes of at least 4 members (excludes halogenated alkanes) is 16. The summed E-state index contributed by atoms with van der Waals surface area (Å²) < 4.78 is 17.4. The average molecular weight is 940 g/mol. The molecule has 0 spiro atoms. The van der Waals surface area contributed by atoms with Crippen molar-refractivity contribution in [3.63, 3.8) is 0 Å². The first kappa shape index (κ1) is 64.0. The molecule has 1 atom stereocenters. The van der Waals surface area contributed by atoms with Crippen molar-refractivity contribution in [1.82, 2.24) is 0 Å². The third kappa shape index (κ3) is 54.6. The molecule has 0 aliphatic heterocycles. The summed E-state index contributed by atoms with van der Waals surface area (Å²) in [6.45, 7) is 7.48. The molecule has 0 saturated carbocycles. The molecule has 0 aliphatic rings. The van der Waals surface area contributed by atoms with Crippen molar-refractivity contribution >= 4 is 11.9 Å². The second kappa shape index (κ2) is 57.4. The maximum Gasteiger partial charge on any atom is 0.306 e. The molecule has 0 aromatic heterocycles. The highest BCUT2D eigenvalue weighted by Gasteiger charge is 2.17. The number of hydrogen-bond donors (Lipinski definition) is 0. The minimum absolute atomic E-state index is 0.0448. The van der Waals surface area contributed by atoms with E-state index in [1.807, 2.05) is 0 Å². The fourth-order valence-electron chi connectivity index (χ4n) is 7.09. The minimum atomic E-state index is -0.579. The van der Waals surface area contributed by atoms with Crippen LogP contribution in [0.3, 0.4) is 0 Å². The zero-order valence-electron chi connectivity index (χ0n) is 44.1. The number of esters is 2. The number of hydrogen-bond acceptors (Lipinski definition) is 5. The maximum absolute atomic E-state index is 12.8. The lowest BCUT2D eigenvalue weighted by atomic mass is 10.1. The Hall–Kier alpha value is -3.96. The van der Waals surface area contributed by atoms with Crippen LogP contribution in [0.2, 0.25) is 0 Å². The third-order valence-electron chi connectivity index (χ3n) is 11.2. The van der Waals surface area contributed by atoms with Crippen molar-refractivity contribution in [2.45, 2.75) is 232 Å². The molecule has 0 heterocycles. The first-order chi connectivity index (χ1) is 33.6. The van der Waals surface area contributed by atoms with Gasteiger partial charge in [-0.15, -0.1) is 0 Å². The molecule has 0 radical (unpaired) electrons. The molecule has 0 aromatic rings. The average Bonchev–Trinajstić information content (AvgIpc) is 3.34. The Morgan fingerprint density at radius 3 is 1.07 bits per heavy atom. The molecule has 68 heavy (non-hydrogen) atoms. The van der Waals surface area contributed by atoms with E-state index in [1.165, 1.54) is 51.4 Å². The van der Waals surface area contributed by atoms with Gasteiger partial charge in [-0.25, -0.2) is 0 Å². The predicted molar refractivity (Wildman–Crippen MR) is 297 cm³/mol. The van der Waals surface area contributed by atoms with E-state index in [4.69, 9.17) is 14.2 Å². The Labute approximate surface area is 419 Å². The van der Waals surface area contributed by atoms with E-state index in [1.54, 1.807) is 0 Å². The monoisotopic (exact) mass is 939 g/mol. The van der Waals surface area contributed by atoms with E-state index in [-0.39, 0.29) is 25.2 Å². The Balaban J connectivity index is 4.44. The molecule has 384 valence electrons. The Bertz CT molecular complexity index is 1430. The molecule has 5 heteroatoms. The molecule has 1 unspecified atom stereocenters. The summed E-state index contributed by atoms with van der Waals surface area (Å²) in [7, 11) is 0. The number of allylic oxidation sites excluding steroid dienone is 22. The lowest BCUT2D eigenvalue weighted by Crippen LogP contribution is -2.30. The van der Waals surface area contributed by atoms with Gasteiger partial charge in [0.2, 0.25) is 0 Å². The van der Waals surface area contributed by atoms with Crippen molar-refractivity contribution in [3.8, 4) is 0 Å². The zero-order valence-corrected chi connectivity index (χ0v) is 44.1. The highest BCUT2D eigenvalue weighted by Crippen LogP contribution is 2.12. The van der Waals surface area contributed by atoms with Gasteiger partial charge in [0.25, 0.3) is 0 Å².